The Morgan fingerprint density at radius 3 is 2.44 bits per heavy atom. The Morgan fingerprint density at radius 1 is 0.782 bits per heavy atom. The summed E-state index contributed by atoms with van der Waals surface area (Å²) >= 11 is 0. The zero-order valence-corrected chi connectivity index (χ0v) is 31.7. The van der Waals surface area contributed by atoms with Crippen molar-refractivity contribution < 1.29 is 0 Å². The summed E-state index contributed by atoms with van der Waals surface area (Å²) < 4.78 is 2.56. The van der Waals surface area contributed by atoms with E-state index < -0.39 is 0 Å². The molecule has 4 nitrogen and oxygen atoms in total. The topological polar surface area (TPSA) is 32.9 Å². The summed E-state index contributed by atoms with van der Waals surface area (Å²) in [6.45, 7) is 7.10. The fraction of sp³-hybridized carbons (Fsp3) is 0.216. The lowest BCUT2D eigenvalue weighted by molar-refractivity contribution is 0.570. The van der Waals surface area contributed by atoms with Crippen molar-refractivity contribution in [3.05, 3.63) is 185 Å². The van der Waals surface area contributed by atoms with Crippen LogP contribution in [0.5, 0.6) is 0 Å². The molecule has 0 bridgehead atoms. The van der Waals surface area contributed by atoms with E-state index in [1.54, 1.807) is 0 Å². The van der Waals surface area contributed by atoms with E-state index in [1.807, 2.05) is 0 Å². The first-order chi connectivity index (χ1) is 27.0. The summed E-state index contributed by atoms with van der Waals surface area (Å²) in [7, 11) is 0. The molecule has 4 aromatic carbocycles. The molecule has 3 heterocycles. The lowest BCUT2D eigenvalue weighted by Crippen LogP contribution is -2.34. The molecule has 11 rings (SSSR count). The first-order valence-corrected chi connectivity index (χ1v) is 20.0. The summed E-state index contributed by atoms with van der Waals surface area (Å²) in [5, 5.41) is 2.71. The Bertz CT molecular complexity index is 2730. The fourth-order valence-electron chi connectivity index (χ4n) is 10.3. The van der Waals surface area contributed by atoms with Crippen LogP contribution in [0.1, 0.15) is 68.2 Å². The Labute approximate surface area is 323 Å². The molecule has 0 radical (unpaired) electrons. The van der Waals surface area contributed by atoms with E-state index in [0.717, 1.165) is 36.5 Å². The number of amidine groups is 1. The van der Waals surface area contributed by atoms with Crippen LogP contribution >= 0.6 is 0 Å². The van der Waals surface area contributed by atoms with Crippen molar-refractivity contribution in [1.29, 1.82) is 0 Å². The maximum atomic E-state index is 5.45. The average molecular weight is 713 g/mol. The third-order valence-corrected chi connectivity index (χ3v) is 13.1. The lowest BCUT2D eigenvalue weighted by atomic mass is 9.76. The molecular formula is C51H44N4. The van der Waals surface area contributed by atoms with Crippen molar-refractivity contribution in [3.8, 4) is 5.69 Å². The second-order valence-electron chi connectivity index (χ2n) is 16.4. The Hall–Kier alpha value is -6.00. The highest BCUT2D eigenvalue weighted by atomic mass is 15.2. The summed E-state index contributed by atoms with van der Waals surface area (Å²) in [6, 6.07) is 31.4. The number of anilines is 1. The van der Waals surface area contributed by atoms with Crippen molar-refractivity contribution in [3.63, 3.8) is 0 Å². The number of benzene rings is 4. The van der Waals surface area contributed by atoms with Gasteiger partial charge in [0.05, 0.1) is 28.1 Å². The van der Waals surface area contributed by atoms with Gasteiger partial charge in [-0.05, 0) is 90.3 Å². The first-order valence-electron chi connectivity index (χ1n) is 20.0. The van der Waals surface area contributed by atoms with Gasteiger partial charge in [0, 0.05) is 51.5 Å². The van der Waals surface area contributed by atoms with Gasteiger partial charge in [-0.25, -0.2) is 9.98 Å². The average Bonchev–Trinajstić information content (AvgIpc) is 3.71. The Balaban J connectivity index is 1.16. The molecule has 0 amide bonds. The second kappa shape index (κ2) is 12.3. The first kappa shape index (κ1) is 32.4. The molecule has 0 spiro atoms. The van der Waals surface area contributed by atoms with E-state index in [4.69, 9.17) is 9.98 Å². The van der Waals surface area contributed by atoms with Crippen molar-refractivity contribution in [1.82, 2.24) is 4.57 Å². The number of aliphatic imine (C=N–C) groups is 2. The molecule has 1 aromatic heterocycles. The molecule has 5 aromatic rings. The SMILES string of the molecule is CC1CC=Cc2ccc3c(c21)c1ccc2c(c1n3-c1ccccc1)N(C1=CC=C3N=C(C4C=CC=CC4C)N=C(c4ccccc4)C3C1)C1=CC=CCC12C. The molecule has 4 heteroatoms. The van der Waals surface area contributed by atoms with Gasteiger partial charge < -0.3 is 9.47 Å². The Kier molecular flexibility index (Phi) is 7.23. The molecule has 268 valence electrons. The number of aromatic nitrogens is 1. The molecule has 5 unspecified atom stereocenters. The quantitative estimate of drug-likeness (QED) is 0.183. The normalized spacial score (nSPS) is 26.2. The van der Waals surface area contributed by atoms with Crippen LogP contribution in [0.25, 0.3) is 33.6 Å². The van der Waals surface area contributed by atoms with E-state index >= 15 is 0 Å². The maximum Gasteiger partial charge on any atom is 0.136 e. The highest BCUT2D eigenvalue weighted by Gasteiger charge is 2.48. The van der Waals surface area contributed by atoms with E-state index in [2.05, 4.69) is 182 Å². The van der Waals surface area contributed by atoms with Crippen LogP contribution in [0.3, 0.4) is 0 Å². The minimum Gasteiger partial charge on any atom is -0.315 e. The third kappa shape index (κ3) is 4.76. The van der Waals surface area contributed by atoms with Gasteiger partial charge >= 0.3 is 0 Å². The number of allylic oxidation sites excluding steroid dienone is 12. The molecule has 4 aliphatic carbocycles. The van der Waals surface area contributed by atoms with Gasteiger partial charge in [-0.15, -0.1) is 0 Å². The second-order valence-corrected chi connectivity index (χ2v) is 16.4. The molecule has 6 aliphatic rings. The molecule has 0 saturated heterocycles. The number of nitrogens with zero attached hydrogens (tertiary/aromatic N) is 4. The van der Waals surface area contributed by atoms with E-state index in [9.17, 15) is 0 Å². The van der Waals surface area contributed by atoms with Crippen LogP contribution in [0.4, 0.5) is 5.69 Å². The lowest BCUT2D eigenvalue weighted by Gasteiger charge is -2.36. The zero-order chi connectivity index (χ0) is 36.8. The molecule has 5 atom stereocenters. The van der Waals surface area contributed by atoms with Crippen molar-refractivity contribution in [2.24, 2.45) is 27.7 Å². The van der Waals surface area contributed by atoms with Gasteiger partial charge in [0.25, 0.3) is 0 Å². The van der Waals surface area contributed by atoms with Crippen molar-refractivity contribution >= 4 is 45.1 Å². The van der Waals surface area contributed by atoms with E-state index in [0.29, 0.717) is 11.8 Å². The summed E-state index contributed by atoms with van der Waals surface area (Å²) in [5.41, 5.74) is 15.1. The number of rotatable bonds is 4. The summed E-state index contributed by atoms with van der Waals surface area (Å²) in [4.78, 5) is 13.4. The van der Waals surface area contributed by atoms with Crippen molar-refractivity contribution in [2.75, 3.05) is 4.90 Å². The number of hydrogen-bond acceptors (Lipinski definition) is 3. The van der Waals surface area contributed by atoms with Crippen molar-refractivity contribution in [2.45, 2.75) is 51.4 Å². The Morgan fingerprint density at radius 2 is 1.60 bits per heavy atom. The van der Waals surface area contributed by atoms with Crippen LogP contribution in [0, 0.1) is 17.8 Å². The predicted octanol–water partition coefficient (Wildman–Crippen LogP) is 12.3. The zero-order valence-electron chi connectivity index (χ0n) is 31.7. The van der Waals surface area contributed by atoms with Gasteiger partial charge in [-0.1, -0.05) is 129 Å². The van der Waals surface area contributed by atoms with Gasteiger partial charge in [0.2, 0.25) is 0 Å². The monoisotopic (exact) mass is 712 g/mol. The van der Waals surface area contributed by atoms with E-state index in [1.165, 1.54) is 66.8 Å². The van der Waals surface area contributed by atoms with Gasteiger partial charge in [-0.2, -0.15) is 0 Å². The minimum atomic E-state index is -0.165. The van der Waals surface area contributed by atoms with Crippen LogP contribution < -0.4 is 4.90 Å². The number of hydrogen-bond donors (Lipinski definition) is 0. The minimum absolute atomic E-state index is 0.0402. The van der Waals surface area contributed by atoms with Gasteiger partial charge in [-0.3, -0.25) is 0 Å². The van der Waals surface area contributed by atoms with Crippen LogP contribution in [0.15, 0.2) is 173 Å². The molecule has 0 saturated carbocycles. The molecule has 55 heavy (non-hydrogen) atoms. The van der Waals surface area contributed by atoms with E-state index in [-0.39, 0.29) is 17.3 Å². The molecular weight excluding hydrogens is 669 g/mol. The van der Waals surface area contributed by atoms with Gasteiger partial charge in [0.1, 0.15) is 5.84 Å². The predicted molar refractivity (Wildman–Crippen MR) is 230 cm³/mol. The smallest absolute Gasteiger partial charge is 0.136 e. The van der Waals surface area contributed by atoms with Crippen LogP contribution in [-0.4, -0.2) is 16.1 Å². The summed E-state index contributed by atoms with van der Waals surface area (Å²) in [6.07, 6.45) is 27.9. The fourth-order valence-corrected chi connectivity index (χ4v) is 10.3. The summed E-state index contributed by atoms with van der Waals surface area (Å²) in [5.74, 6) is 1.88. The largest absolute Gasteiger partial charge is 0.315 e. The van der Waals surface area contributed by atoms with Gasteiger partial charge in [0.15, 0.2) is 0 Å². The highest BCUT2D eigenvalue weighted by molar-refractivity contribution is 6.18. The standard InChI is InChI=1S/C51H44N4/c1-32-15-10-11-22-38(32)50-52-42-28-25-37(31-40(42)47(53-50)35-17-6-4-7-18-35)55-44-23-12-13-30-51(44,3)41-27-26-39-46-43(29-24-34-19-14-16-33(2)45(34)46)54(48(39)49(41)55)36-20-8-5-9-21-36/h4-15,17-29,32-33,38,40H,16,30-31H2,1-3H3. The molecule has 2 aliphatic heterocycles. The third-order valence-electron chi connectivity index (χ3n) is 13.1. The van der Waals surface area contributed by atoms with Crippen LogP contribution in [-0.2, 0) is 5.41 Å². The number of fused-ring (bicyclic) bond motifs is 10. The van der Waals surface area contributed by atoms with Crippen LogP contribution in [0.2, 0.25) is 0 Å². The number of para-hydroxylation sites is 1. The molecule has 0 N–H and O–H groups in total. The highest BCUT2D eigenvalue weighted by Crippen LogP contribution is 2.58. The molecule has 0 fully saturated rings. The maximum absolute atomic E-state index is 5.45.